The highest BCUT2D eigenvalue weighted by atomic mass is 32.2. The van der Waals surface area contributed by atoms with Gasteiger partial charge in [0.2, 0.25) is 0 Å². The van der Waals surface area contributed by atoms with E-state index >= 15 is 0 Å². The average Bonchev–Trinajstić information content (AvgIpc) is 2.91. The van der Waals surface area contributed by atoms with E-state index in [0.717, 1.165) is 65.0 Å². The van der Waals surface area contributed by atoms with Gasteiger partial charge in [0.05, 0.1) is 19.4 Å². The third kappa shape index (κ3) is 6.22. The Bertz CT molecular complexity index is 1130. The van der Waals surface area contributed by atoms with Gasteiger partial charge in [-0.3, -0.25) is 4.79 Å². The standard InChI is InChI=1S/C28H33N3O3S/c1-4-19-34-23-12-10-22(11-13-23)29-35-24-14-9-21(2)25(20-24)28(32)31-17-15-30(16-18-31)26-7-5-6-8-27(26)33-3/h5-14,20,29H,4,15-19H2,1-3H3. The molecule has 0 spiro atoms. The first-order valence-corrected chi connectivity index (χ1v) is 12.8. The lowest BCUT2D eigenvalue weighted by atomic mass is 10.1. The van der Waals surface area contributed by atoms with E-state index in [1.54, 1.807) is 7.11 Å². The molecule has 0 atom stereocenters. The largest absolute Gasteiger partial charge is 0.495 e. The lowest BCUT2D eigenvalue weighted by molar-refractivity contribution is 0.0745. The monoisotopic (exact) mass is 491 g/mol. The van der Waals surface area contributed by atoms with Crippen molar-refractivity contribution in [1.29, 1.82) is 0 Å². The Balaban J connectivity index is 1.36. The van der Waals surface area contributed by atoms with Gasteiger partial charge >= 0.3 is 0 Å². The molecule has 7 heteroatoms. The number of rotatable bonds is 9. The number of ether oxygens (including phenoxy) is 2. The second-order valence-corrected chi connectivity index (χ2v) is 9.38. The van der Waals surface area contributed by atoms with Crippen molar-refractivity contribution in [3.8, 4) is 11.5 Å². The predicted octanol–water partition coefficient (Wildman–Crippen LogP) is 5.87. The van der Waals surface area contributed by atoms with Crippen LogP contribution in [0.3, 0.4) is 0 Å². The lowest BCUT2D eigenvalue weighted by Crippen LogP contribution is -2.49. The number of nitrogens with one attached hydrogen (secondary N) is 1. The number of hydrogen-bond acceptors (Lipinski definition) is 6. The molecule has 3 aromatic rings. The van der Waals surface area contributed by atoms with Crippen molar-refractivity contribution in [2.45, 2.75) is 25.2 Å². The molecule has 0 unspecified atom stereocenters. The molecule has 1 heterocycles. The van der Waals surface area contributed by atoms with Crippen LogP contribution in [0, 0.1) is 6.92 Å². The molecule has 1 aliphatic heterocycles. The molecule has 4 rings (SSSR count). The molecule has 0 aliphatic carbocycles. The molecule has 1 fully saturated rings. The Morgan fingerprint density at radius 3 is 2.46 bits per heavy atom. The van der Waals surface area contributed by atoms with Crippen LogP contribution in [0.1, 0.15) is 29.3 Å². The fourth-order valence-electron chi connectivity index (χ4n) is 4.06. The van der Waals surface area contributed by atoms with Gasteiger partial charge in [-0.2, -0.15) is 0 Å². The second-order valence-electron chi connectivity index (χ2n) is 8.50. The summed E-state index contributed by atoms with van der Waals surface area (Å²) in [5, 5.41) is 0. The number of amides is 1. The smallest absolute Gasteiger partial charge is 0.254 e. The Hall–Kier alpha value is -3.32. The number of para-hydroxylation sites is 2. The summed E-state index contributed by atoms with van der Waals surface area (Å²) in [6.45, 7) is 7.72. The van der Waals surface area contributed by atoms with Gasteiger partial charge in [0.15, 0.2) is 0 Å². The van der Waals surface area contributed by atoms with E-state index < -0.39 is 0 Å². The van der Waals surface area contributed by atoms with Gasteiger partial charge in [0, 0.05) is 42.3 Å². The van der Waals surface area contributed by atoms with Gasteiger partial charge in [-0.15, -0.1) is 0 Å². The molecule has 1 aliphatic rings. The van der Waals surface area contributed by atoms with Crippen LogP contribution in [0.15, 0.2) is 71.6 Å². The van der Waals surface area contributed by atoms with E-state index in [2.05, 4.69) is 22.6 Å². The van der Waals surface area contributed by atoms with Gasteiger partial charge in [0.1, 0.15) is 11.5 Å². The molecule has 0 radical (unpaired) electrons. The number of carbonyl (C=O) groups is 1. The van der Waals surface area contributed by atoms with E-state index in [9.17, 15) is 4.79 Å². The van der Waals surface area contributed by atoms with E-state index in [0.29, 0.717) is 13.1 Å². The summed E-state index contributed by atoms with van der Waals surface area (Å²) in [5.41, 5.74) is 3.81. The molecule has 1 amide bonds. The van der Waals surface area contributed by atoms with Crippen LogP contribution in [0.2, 0.25) is 0 Å². The lowest BCUT2D eigenvalue weighted by Gasteiger charge is -2.36. The number of carbonyl (C=O) groups excluding carboxylic acids is 1. The van der Waals surface area contributed by atoms with Crippen LogP contribution in [-0.2, 0) is 0 Å². The van der Waals surface area contributed by atoms with Crippen molar-refractivity contribution in [1.82, 2.24) is 4.90 Å². The molecule has 1 N–H and O–H groups in total. The summed E-state index contributed by atoms with van der Waals surface area (Å²) < 4.78 is 14.5. The number of aryl methyl sites for hydroxylation is 1. The minimum atomic E-state index is 0.0852. The first kappa shape index (κ1) is 24.8. The van der Waals surface area contributed by atoms with Crippen LogP contribution >= 0.6 is 11.9 Å². The Morgan fingerprint density at radius 1 is 1.00 bits per heavy atom. The maximum atomic E-state index is 13.4. The van der Waals surface area contributed by atoms with Crippen LogP contribution in [0.5, 0.6) is 11.5 Å². The highest BCUT2D eigenvalue weighted by Crippen LogP contribution is 2.29. The van der Waals surface area contributed by atoms with Crippen molar-refractivity contribution in [3.05, 3.63) is 77.9 Å². The zero-order chi connectivity index (χ0) is 24.6. The highest BCUT2D eigenvalue weighted by Gasteiger charge is 2.24. The van der Waals surface area contributed by atoms with Crippen molar-refractivity contribution < 1.29 is 14.3 Å². The second kappa shape index (κ2) is 11.9. The van der Waals surface area contributed by atoms with E-state index in [-0.39, 0.29) is 5.91 Å². The number of hydrogen-bond donors (Lipinski definition) is 1. The van der Waals surface area contributed by atoms with Crippen LogP contribution in [-0.4, -0.2) is 50.7 Å². The van der Waals surface area contributed by atoms with Gasteiger partial charge in [-0.1, -0.05) is 25.1 Å². The maximum absolute atomic E-state index is 13.4. The van der Waals surface area contributed by atoms with Gasteiger partial charge < -0.3 is 24.0 Å². The average molecular weight is 492 g/mol. The fourth-order valence-corrected chi connectivity index (χ4v) is 4.75. The third-order valence-corrected chi connectivity index (χ3v) is 6.87. The van der Waals surface area contributed by atoms with Crippen LogP contribution in [0.4, 0.5) is 11.4 Å². The Kier molecular flexibility index (Phi) is 8.42. The quantitative estimate of drug-likeness (QED) is 0.378. The van der Waals surface area contributed by atoms with Gasteiger partial charge in [0.25, 0.3) is 5.91 Å². The number of nitrogens with zero attached hydrogens (tertiary/aromatic N) is 2. The number of piperazine rings is 1. The van der Waals surface area contributed by atoms with E-state index in [1.807, 2.05) is 72.5 Å². The molecule has 184 valence electrons. The molecule has 6 nitrogen and oxygen atoms in total. The first-order valence-electron chi connectivity index (χ1n) is 12.0. The van der Waals surface area contributed by atoms with Gasteiger partial charge in [-0.25, -0.2) is 0 Å². The minimum absolute atomic E-state index is 0.0852. The summed E-state index contributed by atoms with van der Waals surface area (Å²) in [4.78, 5) is 18.6. The zero-order valence-corrected chi connectivity index (χ0v) is 21.4. The number of anilines is 2. The Morgan fingerprint density at radius 2 is 1.74 bits per heavy atom. The summed E-state index contributed by atoms with van der Waals surface area (Å²) >= 11 is 1.50. The highest BCUT2D eigenvalue weighted by molar-refractivity contribution is 8.00. The SMILES string of the molecule is CCCOc1ccc(NSc2ccc(C)c(C(=O)N3CCN(c4ccccc4OC)CC3)c2)cc1. The molecule has 1 saturated heterocycles. The zero-order valence-electron chi connectivity index (χ0n) is 20.6. The molecule has 0 bridgehead atoms. The maximum Gasteiger partial charge on any atom is 0.254 e. The predicted molar refractivity (Wildman–Crippen MR) is 144 cm³/mol. The summed E-state index contributed by atoms with van der Waals surface area (Å²) in [7, 11) is 1.69. The van der Waals surface area contributed by atoms with E-state index in [4.69, 9.17) is 9.47 Å². The van der Waals surface area contributed by atoms with Gasteiger partial charge in [-0.05, 0) is 79.4 Å². The molecule has 3 aromatic carbocycles. The minimum Gasteiger partial charge on any atom is -0.495 e. The van der Waals surface area contributed by atoms with Crippen molar-refractivity contribution in [3.63, 3.8) is 0 Å². The van der Waals surface area contributed by atoms with Crippen molar-refractivity contribution in [2.75, 3.05) is 49.5 Å². The van der Waals surface area contributed by atoms with Crippen LogP contribution < -0.4 is 19.1 Å². The van der Waals surface area contributed by atoms with E-state index in [1.165, 1.54) is 11.9 Å². The van der Waals surface area contributed by atoms with Crippen molar-refractivity contribution in [2.24, 2.45) is 0 Å². The Labute approximate surface area is 212 Å². The topological polar surface area (TPSA) is 54.0 Å². The van der Waals surface area contributed by atoms with Crippen LogP contribution in [0.25, 0.3) is 0 Å². The number of benzene rings is 3. The third-order valence-electron chi connectivity index (χ3n) is 6.05. The molecule has 35 heavy (non-hydrogen) atoms. The molecular formula is C28H33N3O3S. The molecular weight excluding hydrogens is 458 g/mol. The summed E-state index contributed by atoms with van der Waals surface area (Å²) in [5.74, 6) is 1.82. The molecule has 0 saturated carbocycles. The number of methoxy groups -OCH3 is 1. The fraction of sp³-hybridized carbons (Fsp3) is 0.321. The normalized spacial score (nSPS) is 13.5. The van der Waals surface area contributed by atoms with Crippen molar-refractivity contribution >= 4 is 29.2 Å². The summed E-state index contributed by atoms with van der Waals surface area (Å²) in [6.07, 6.45) is 0.988. The summed E-state index contributed by atoms with van der Waals surface area (Å²) in [6, 6.07) is 22.0. The molecule has 0 aromatic heterocycles. The first-order chi connectivity index (χ1) is 17.1.